The molecule has 1 rings (SSSR count). The average molecular weight is 241 g/mol. The molecule has 0 amide bonds. The van der Waals surface area contributed by atoms with E-state index in [0.29, 0.717) is 18.8 Å². The van der Waals surface area contributed by atoms with Crippen molar-refractivity contribution < 1.29 is 14.3 Å². The summed E-state index contributed by atoms with van der Waals surface area (Å²) in [6, 6.07) is 0.210. The Labute approximate surface area is 103 Å². The molecule has 0 spiro atoms. The zero-order valence-corrected chi connectivity index (χ0v) is 11.1. The highest BCUT2D eigenvalue weighted by atomic mass is 16.5. The van der Waals surface area contributed by atoms with Gasteiger partial charge in [0.05, 0.1) is 13.0 Å². The quantitative estimate of drug-likeness (QED) is 0.686. The van der Waals surface area contributed by atoms with Crippen LogP contribution in [0.3, 0.4) is 0 Å². The normalized spacial score (nSPS) is 19.9. The van der Waals surface area contributed by atoms with Crippen molar-refractivity contribution in [2.24, 2.45) is 5.92 Å². The lowest BCUT2D eigenvalue weighted by atomic mass is 9.92. The first-order valence-corrected chi connectivity index (χ1v) is 6.44. The summed E-state index contributed by atoms with van der Waals surface area (Å²) in [5, 5.41) is 0. The molecule has 4 heteroatoms. The maximum atomic E-state index is 11.4. The van der Waals surface area contributed by atoms with E-state index < -0.39 is 0 Å². The van der Waals surface area contributed by atoms with Crippen LogP contribution in [0.25, 0.3) is 0 Å². The largest absolute Gasteiger partial charge is 0.466 e. The highest BCUT2D eigenvalue weighted by molar-refractivity contribution is 5.78. The molecule has 1 heterocycles. The molecule has 4 nitrogen and oxygen atoms in total. The molecular weight excluding hydrogens is 218 g/mol. The average Bonchev–Trinajstić information content (AvgIpc) is 2.29. The second-order valence-corrected chi connectivity index (χ2v) is 4.78. The third-order valence-corrected chi connectivity index (χ3v) is 3.50. The Balaban J connectivity index is 2.33. The zero-order valence-electron chi connectivity index (χ0n) is 11.1. The van der Waals surface area contributed by atoms with Gasteiger partial charge in [-0.3, -0.25) is 9.59 Å². The van der Waals surface area contributed by atoms with Crippen molar-refractivity contribution in [3.63, 3.8) is 0 Å². The molecule has 0 saturated carbocycles. The number of hydrogen-bond acceptors (Lipinski definition) is 4. The fraction of sp³-hybridized carbons (Fsp3) is 0.846. The minimum Gasteiger partial charge on any atom is -0.466 e. The van der Waals surface area contributed by atoms with E-state index in [9.17, 15) is 9.59 Å². The number of carbonyl (C=O) groups excluding carboxylic acids is 2. The summed E-state index contributed by atoms with van der Waals surface area (Å²) in [5.41, 5.74) is 0. The van der Waals surface area contributed by atoms with Crippen LogP contribution in [-0.2, 0) is 14.3 Å². The summed E-state index contributed by atoms with van der Waals surface area (Å²) < 4.78 is 4.94. The van der Waals surface area contributed by atoms with Crippen LogP contribution in [0.5, 0.6) is 0 Å². The van der Waals surface area contributed by atoms with Crippen LogP contribution in [-0.4, -0.2) is 42.4 Å². The van der Waals surface area contributed by atoms with Crippen LogP contribution in [0.4, 0.5) is 0 Å². The molecule has 0 aromatic heterocycles. The SMILES string of the molecule is CCOC(=O)CC(C)N1CCC(C(C)=O)CC1. The van der Waals surface area contributed by atoms with Crippen LogP contribution in [0.15, 0.2) is 0 Å². The number of rotatable bonds is 5. The monoisotopic (exact) mass is 241 g/mol. The van der Waals surface area contributed by atoms with Crippen LogP contribution in [0, 0.1) is 5.92 Å². The van der Waals surface area contributed by atoms with E-state index in [-0.39, 0.29) is 17.9 Å². The summed E-state index contributed by atoms with van der Waals surface area (Å²) in [6.45, 7) is 7.79. The van der Waals surface area contributed by atoms with Crippen molar-refractivity contribution in [3.8, 4) is 0 Å². The molecule has 1 saturated heterocycles. The van der Waals surface area contributed by atoms with E-state index in [1.165, 1.54) is 0 Å². The third-order valence-electron chi connectivity index (χ3n) is 3.50. The first-order valence-electron chi connectivity index (χ1n) is 6.44. The molecule has 1 aliphatic heterocycles. The van der Waals surface area contributed by atoms with Crippen molar-refractivity contribution in [2.45, 2.75) is 46.1 Å². The van der Waals surface area contributed by atoms with Gasteiger partial charge in [0, 0.05) is 12.0 Å². The van der Waals surface area contributed by atoms with E-state index >= 15 is 0 Å². The first kappa shape index (κ1) is 14.2. The Morgan fingerprint density at radius 1 is 1.35 bits per heavy atom. The Morgan fingerprint density at radius 2 is 1.94 bits per heavy atom. The number of ketones is 1. The minimum absolute atomic E-state index is 0.131. The van der Waals surface area contributed by atoms with E-state index in [4.69, 9.17) is 4.74 Å². The Hall–Kier alpha value is -0.900. The Morgan fingerprint density at radius 3 is 2.41 bits per heavy atom. The fourth-order valence-corrected chi connectivity index (χ4v) is 2.34. The van der Waals surface area contributed by atoms with E-state index in [1.54, 1.807) is 6.92 Å². The zero-order chi connectivity index (χ0) is 12.8. The van der Waals surface area contributed by atoms with Gasteiger partial charge >= 0.3 is 5.97 Å². The second-order valence-electron chi connectivity index (χ2n) is 4.78. The lowest BCUT2D eigenvalue weighted by Crippen LogP contribution is -2.42. The topological polar surface area (TPSA) is 46.6 Å². The number of esters is 1. The van der Waals surface area contributed by atoms with Gasteiger partial charge in [0.1, 0.15) is 5.78 Å². The molecule has 0 aromatic rings. The first-order chi connectivity index (χ1) is 8.04. The number of hydrogen-bond donors (Lipinski definition) is 0. The van der Waals surface area contributed by atoms with Gasteiger partial charge in [0.25, 0.3) is 0 Å². The van der Waals surface area contributed by atoms with Gasteiger partial charge in [-0.05, 0) is 46.7 Å². The molecule has 17 heavy (non-hydrogen) atoms. The number of carbonyl (C=O) groups is 2. The summed E-state index contributed by atoms with van der Waals surface area (Å²) in [6.07, 6.45) is 2.28. The molecule has 0 aliphatic carbocycles. The Kier molecular flexibility index (Phi) is 5.62. The van der Waals surface area contributed by atoms with Gasteiger partial charge in [-0.2, -0.15) is 0 Å². The predicted octanol–water partition coefficient (Wildman–Crippen LogP) is 1.63. The maximum absolute atomic E-state index is 11.4. The smallest absolute Gasteiger partial charge is 0.307 e. The number of piperidine rings is 1. The molecule has 1 aliphatic rings. The summed E-state index contributed by atoms with van der Waals surface area (Å²) in [5.74, 6) is 0.387. The molecule has 1 atom stereocenters. The molecule has 0 aromatic carbocycles. The number of likely N-dealkylation sites (tertiary alicyclic amines) is 1. The molecule has 0 radical (unpaired) electrons. The number of Topliss-reactive ketones (excluding diaryl/α,β-unsaturated/α-hetero) is 1. The van der Waals surface area contributed by atoms with Gasteiger partial charge in [0.2, 0.25) is 0 Å². The van der Waals surface area contributed by atoms with Gasteiger partial charge in [0.15, 0.2) is 0 Å². The standard InChI is InChI=1S/C13H23NO3/c1-4-17-13(16)9-10(2)14-7-5-12(6-8-14)11(3)15/h10,12H,4-9H2,1-3H3. The van der Waals surface area contributed by atoms with Gasteiger partial charge in [-0.1, -0.05) is 0 Å². The lowest BCUT2D eigenvalue weighted by Gasteiger charge is -2.34. The van der Waals surface area contributed by atoms with E-state index in [2.05, 4.69) is 4.90 Å². The fourth-order valence-electron chi connectivity index (χ4n) is 2.34. The van der Waals surface area contributed by atoms with Crippen LogP contribution >= 0.6 is 0 Å². The van der Waals surface area contributed by atoms with Crippen molar-refractivity contribution in [1.82, 2.24) is 4.90 Å². The highest BCUT2D eigenvalue weighted by Gasteiger charge is 2.26. The summed E-state index contributed by atoms with van der Waals surface area (Å²) in [7, 11) is 0. The molecule has 98 valence electrons. The Bertz CT molecular complexity index is 270. The van der Waals surface area contributed by atoms with E-state index in [0.717, 1.165) is 25.9 Å². The van der Waals surface area contributed by atoms with Crippen molar-refractivity contribution in [1.29, 1.82) is 0 Å². The van der Waals surface area contributed by atoms with Gasteiger partial charge in [-0.25, -0.2) is 0 Å². The predicted molar refractivity (Wildman–Crippen MR) is 65.7 cm³/mol. The molecule has 1 unspecified atom stereocenters. The van der Waals surface area contributed by atoms with Gasteiger partial charge < -0.3 is 9.64 Å². The second kappa shape index (κ2) is 6.74. The number of ether oxygens (including phenoxy) is 1. The molecule has 1 fully saturated rings. The molecule has 0 N–H and O–H groups in total. The maximum Gasteiger partial charge on any atom is 0.307 e. The summed E-state index contributed by atoms with van der Waals surface area (Å²) >= 11 is 0. The molecule has 0 bridgehead atoms. The van der Waals surface area contributed by atoms with Crippen LogP contribution < -0.4 is 0 Å². The van der Waals surface area contributed by atoms with Crippen molar-refractivity contribution in [3.05, 3.63) is 0 Å². The van der Waals surface area contributed by atoms with Crippen molar-refractivity contribution >= 4 is 11.8 Å². The third kappa shape index (κ3) is 4.46. The van der Waals surface area contributed by atoms with Gasteiger partial charge in [-0.15, -0.1) is 0 Å². The highest BCUT2D eigenvalue weighted by Crippen LogP contribution is 2.20. The summed E-state index contributed by atoms with van der Waals surface area (Å²) in [4.78, 5) is 24.9. The van der Waals surface area contributed by atoms with Crippen molar-refractivity contribution in [2.75, 3.05) is 19.7 Å². The lowest BCUT2D eigenvalue weighted by molar-refractivity contribution is -0.144. The van der Waals surface area contributed by atoms with Crippen LogP contribution in [0.1, 0.15) is 40.0 Å². The minimum atomic E-state index is -0.131. The van der Waals surface area contributed by atoms with E-state index in [1.807, 2.05) is 13.8 Å². The number of nitrogens with zero attached hydrogens (tertiary/aromatic N) is 1. The molecular formula is C13H23NO3. The van der Waals surface area contributed by atoms with Crippen LogP contribution in [0.2, 0.25) is 0 Å².